The van der Waals surface area contributed by atoms with Crippen LogP contribution in [0, 0.1) is 5.92 Å². The van der Waals surface area contributed by atoms with Gasteiger partial charge in [0.25, 0.3) is 0 Å². The Labute approximate surface area is 132 Å². The third-order valence-electron chi connectivity index (χ3n) is 4.85. The fourth-order valence-electron chi connectivity index (χ4n) is 3.60. The summed E-state index contributed by atoms with van der Waals surface area (Å²) in [6, 6.07) is 7.07. The largest absolute Gasteiger partial charge is 0.508 e. The minimum absolute atomic E-state index is 0.176. The van der Waals surface area contributed by atoms with Crippen molar-refractivity contribution in [3.8, 4) is 5.75 Å². The number of ketones is 1. The maximum absolute atomic E-state index is 12.7. The maximum atomic E-state index is 12.7. The van der Waals surface area contributed by atoms with Gasteiger partial charge in [-0.05, 0) is 74.5 Å². The lowest BCUT2D eigenvalue weighted by atomic mass is 9.83. The minimum Gasteiger partial charge on any atom is -0.508 e. The molecule has 1 N–H and O–H groups in total. The Morgan fingerprint density at radius 2 is 1.82 bits per heavy atom. The van der Waals surface area contributed by atoms with Crippen LogP contribution >= 0.6 is 0 Å². The number of allylic oxidation sites excluding steroid dienone is 1. The first-order chi connectivity index (χ1) is 10.7. The van der Waals surface area contributed by atoms with E-state index in [9.17, 15) is 9.90 Å². The fraction of sp³-hybridized carbons (Fsp3) is 0.526. The zero-order valence-electron chi connectivity index (χ0n) is 13.1. The predicted molar refractivity (Wildman–Crippen MR) is 88.7 cm³/mol. The van der Waals surface area contributed by atoms with Gasteiger partial charge in [0.05, 0.1) is 0 Å². The highest BCUT2D eigenvalue weighted by Gasteiger charge is 2.28. The van der Waals surface area contributed by atoms with Crippen molar-refractivity contribution in [1.29, 1.82) is 0 Å². The van der Waals surface area contributed by atoms with E-state index in [-0.39, 0.29) is 11.7 Å². The second-order valence-corrected chi connectivity index (χ2v) is 6.58. The molecule has 3 heteroatoms. The van der Waals surface area contributed by atoms with Crippen molar-refractivity contribution in [2.24, 2.45) is 5.92 Å². The van der Waals surface area contributed by atoms with E-state index in [1.54, 1.807) is 12.1 Å². The number of hydrogen-bond donors (Lipinski definition) is 1. The van der Waals surface area contributed by atoms with Gasteiger partial charge in [-0.1, -0.05) is 18.6 Å². The molecule has 0 radical (unpaired) electrons. The number of carbonyl (C=O) groups is 1. The molecule has 22 heavy (non-hydrogen) atoms. The van der Waals surface area contributed by atoms with Crippen LogP contribution in [0.25, 0.3) is 6.08 Å². The Bertz CT molecular complexity index is 541. The number of hydrogen-bond acceptors (Lipinski definition) is 3. The molecule has 0 bridgehead atoms. The van der Waals surface area contributed by atoms with Gasteiger partial charge in [-0.3, -0.25) is 4.79 Å². The summed E-state index contributed by atoms with van der Waals surface area (Å²) in [7, 11) is 0. The summed E-state index contributed by atoms with van der Waals surface area (Å²) in [5.41, 5.74) is 1.96. The maximum Gasteiger partial charge on any atom is 0.163 e. The number of piperidine rings is 1. The zero-order valence-corrected chi connectivity index (χ0v) is 13.1. The molecule has 1 saturated carbocycles. The molecule has 2 aliphatic rings. The third-order valence-corrected chi connectivity index (χ3v) is 4.85. The number of carbonyl (C=O) groups excluding carboxylic acids is 1. The lowest BCUT2D eigenvalue weighted by molar-refractivity contribution is -0.121. The van der Waals surface area contributed by atoms with Crippen molar-refractivity contribution in [3.05, 3.63) is 35.4 Å². The Balaban J connectivity index is 1.67. The first-order valence-corrected chi connectivity index (χ1v) is 8.48. The number of nitrogens with zero attached hydrogens (tertiary/aromatic N) is 1. The standard InChI is InChI=1S/C19H25NO2/c21-18-9-7-15(8-10-18)13-16-5-4-6-17(19(16)22)14-20-11-2-1-3-12-20/h7-10,13,17,21H,1-6,11-12,14H2/b16-13-/t17-/m0/s1. The number of likely N-dealkylation sites (tertiary alicyclic amines) is 1. The molecule has 0 spiro atoms. The van der Waals surface area contributed by atoms with Crippen LogP contribution in [-0.4, -0.2) is 35.4 Å². The zero-order chi connectivity index (χ0) is 15.4. The van der Waals surface area contributed by atoms with Crippen LogP contribution in [0.15, 0.2) is 29.8 Å². The van der Waals surface area contributed by atoms with E-state index in [1.165, 1.54) is 19.3 Å². The molecule has 1 atom stereocenters. The molecule has 1 aromatic rings. The van der Waals surface area contributed by atoms with E-state index in [0.29, 0.717) is 5.78 Å². The van der Waals surface area contributed by atoms with Crippen molar-refractivity contribution in [2.45, 2.75) is 38.5 Å². The van der Waals surface area contributed by atoms with Gasteiger partial charge in [-0.15, -0.1) is 0 Å². The molecular formula is C19H25NO2. The van der Waals surface area contributed by atoms with E-state index in [2.05, 4.69) is 4.90 Å². The molecule has 0 unspecified atom stereocenters. The fourth-order valence-corrected chi connectivity index (χ4v) is 3.60. The molecule has 2 fully saturated rings. The van der Waals surface area contributed by atoms with Crippen molar-refractivity contribution < 1.29 is 9.90 Å². The monoisotopic (exact) mass is 299 g/mol. The molecule has 1 heterocycles. The molecule has 1 aliphatic carbocycles. The Kier molecular flexibility index (Phi) is 4.94. The van der Waals surface area contributed by atoms with Crippen LogP contribution in [0.1, 0.15) is 44.1 Å². The van der Waals surface area contributed by atoms with Gasteiger partial charge < -0.3 is 10.0 Å². The van der Waals surface area contributed by atoms with E-state index in [0.717, 1.165) is 50.0 Å². The first kappa shape index (κ1) is 15.3. The average Bonchev–Trinajstić information content (AvgIpc) is 2.54. The molecular weight excluding hydrogens is 274 g/mol. The summed E-state index contributed by atoms with van der Waals surface area (Å²) in [6.07, 6.45) is 8.91. The van der Waals surface area contributed by atoms with Crippen LogP contribution in [-0.2, 0) is 4.79 Å². The van der Waals surface area contributed by atoms with Gasteiger partial charge in [0.1, 0.15) is 5.75 Å². The molecule has 0 amide bonds. The second-order valence-electron chi connectivity index (χ2n) is 6.58. The van der Waals surface area contributed by atoms with Crippen molar-refractivity contribution in [1.82, 2.24) is 4.90 Å². The van der Waals surface area contributed by atoms with Crippen LogP contribution in [0.4, 0.5) is 0 Å². The third kappa shape index (κ3) is 3.77. The SMILES string of the molecule is O=C1/C(=C\c2ccc(O)cc2)CCC[C@H]1CN1CCCCC1. The second kappa shape index (κ2) is 7.10. The van der Waals surface area contributed by atoms with Crippen LogP contribution < -0.4 is 0 Å². The topological polar surface area (TPSA) is 40.5 Å². The van der Waals surface area contributed by atoms with E-state index < -0.39 is 0 Å². The smallest absolute Gasteiger partial charge is 0.163 e. The Hall–Kier alpha value is -1.61. The van der Waals surface area contributed by atoms with Gasteiger partial charge in [0, 0.05) is 12.5 Å². The molecule has 1 aliphatic heterocycles. The van der Waals surface area contributed by atoms with E-state index in [4.69, 9.17) is 0 Å². The summed E-state index contributed by atoms with van der Waals surface area (Å²) < 4.78 is 0. The van der Waals surface area contributed by atoms with E-state index in [1.807, 2.05) is 18.2 Å². The summed E-state index contributed by atoms with van der Waals surface area (Å²) in [5.74, 6) is 0.778. The molecule has 1 aromatic carbocycles. The highest BCUT2D eigenvalue weighted by Crippen LogP contribution is 2.28. The number of aromatic hydroxyl groups is 1. The lowest BCUT2D eigenvalue weighted by Crippen LogP contribution is -2.38. The highest BCUT2D eigenvalue weighted by atomic mass is 16.3. The number of Topliss-reactive ketones (excluding diaryl/α,β-unsaturated/α-hetero) is 1. The molecule has 118 valence electrons. The number of rotatable bonds is 3. The normalized spacial score (nSPS) is 25.5. The molecule has 3 rings (SSSR count). The average molecular weight is 299 g/mol. The molecule has 1 saturated heterocycles. The Morgan fingerprint density at radius 3 is 2.55 bits per heavy atom. The highest BCUT2D eigenvalue weighted by molar-refractivity contribution is 6.01. The predicted octanol–water partition coefficient (Wildman–Crippen LogP) is 3.63. The lowest BCUT2D eigenvalue weighted by Gasteiger charge is -2.32. The summed E-state index contributed by atoms with van der Waals surface area (Å²) >= 11 is 0. The number of phenolic OH excluding ortho intramolecular Hbond substituents is 1. The van der Waals surface area contributed by atoms with Crippen molar-refractivity contribution in [2.75, 3.05) is 19.6 Å². The summed E-state index contributed by atoms with van der Waals surface area (Å²) in [6.45, 7) is 3.24. The Morgan fingerprint density at radius 1 is 1.09 bits per heavy atom. The van der Waals surface area contributed by atoms with Crippen LogP contribution in [0.2, 0.25) is 0 Å². The van der Waals surface area contributed by atoms with Crippen LogP contribution in [0.3, 0.4) is 0 Å². The quantitative estimate of drug-likeness (QED) is 0.866. The van der Waals surface area contributed by atoms with Gasteiger partial charge in [-0.2, -0.15) is 0 Å². The van der Waals surface area contributed by atoms with Crippen LogP contribution in [0.5, 0.6) is 5.75 Å². The summed E-state index contributed by atoms with van der Waals surface area (Å²) in [4.78, 5) is 15.2. The van der Waals surface area contributed by atoms with E-state index >= 15 is 0 Å². The molecule has 0 aromatic heterocycles. The minimum atomic E-state index is 0.176. The summed E-state index contributed by atoms with van der Waals surface area (Å²) in [5, 5.41) is 9.35. The first-order valence-electron chi connectivity index (χ1n) is 8.48. The number of phenols is 1. The van der Waals surface area contributed by atoms with Crippen molar-refractivity contribution in [3.63, 3.8) is 0 Å². The van der Waals surface area contributed by atoms with Gasteiger partial charge >= 0.3 is 0 Å². The van der Waals surface area contributed by atoms with Gasteiger partial charge in [0.15, 0.2) is 5.78 Å². The van der Waals surface area contributed by atoms with Gasteiger partial charge in [0.2, 0.25) is 0 Å². The van der Waals surface area contributed by atoms with Gasteiger partial charge in [-0.25, -0.2) is 0 Å². The van der Waals surface area contributed by atoms with Crippen molar-refractivity contribution >= 4 is 11.9 Å². The number of benzene rings is 1. The molecule has 3 nitrogen and oxygen atoms in total.